The molecule has 0 amide bonds. The first kappa shape index (κ1) is 14.8. The predicted octanol–water partition coefficient (Wildman–Crippen LogP) is 5.20. The summed E-state index contributed by atoms with van der Waals surface area (Å²) in [4.78, 5) is 0. The summed E-state index contributed by atoms with van der Waals surface area (Å²) in [6.07, 6.45) is 3.11. The molecule has 0 aliphatic carbocycles. The predicted molar refractivity (Wildman–Crippen MR) is 86.1 cm³/mol. The fraction of sp³-hybridized carbons (Fsp3) is 0.222. The molecule has 0 aliphatic rings. The zero-order valence-electron chi connectivity index (χ0n) is 11.7. The molecule has 0 bridgehead atoms. The van der Waals surface area contributed by atoms with Crippen LogP contribution in [-0.4, -0.2) is 13.2 Å². The van der Waals surface area contributed by atoms with E-state index < -0.39 is 0 Å². The Balaban J connectivity index is 2.29. The topological polar surface area (TPSA) is 9.23 Å². The largest absolute Gasteiger partial charge is 0.381 e. The van der Waals surface area contributed by atoms with E-state index in [4.69, 9.17) is 16.3 Å². The highest BCUT2D eigenvalue weighted by atomic mass is 35.5. The van der Waals surface area contributed by atoms with Gasteiger partial charge in [0.1, 0.15) is 0 Å². The summed E-state index contributed by atoms with van der Waals surface area (Å²) in [5.74, 6) is 0. The SMILES string of the molecule is CCOCC/C=C(/c1ccccc1)c1cccc(Cl)c1. The molecule has 0 unspecified atom stereocenters. The van der Waals surface area contributed by atoms with Crippen LogP contribution in [0.4, 0.5) is 0 Å². The molecule has 0 aliphatic heterocycles. The van der Waals surface area contributed by atoms with E-state index >= 15 is 0 Å². The fourth-order valence-corrected chi connectivity index (χ4v) is 2.30. The van der Waals surface area contributed by atoms with Crippen LogP contribution in [0, 0.1) is 0 Å². The summed E-state index contributed by atoms with van der Waals surface area (Å²) in [6, 6.07) is 18.3. The van der Waals surface area contributed by atoms with E-state index in [0.717, 1.165) is 30.2 Å². The second kappa shape index (κ2) is 7.88. The molecule has 0 N–H and O–H groups in total. The highest BCUT2D eigenvalue weighted by molar-refractivity contribution is 6.30. The minimum Gasteiger partial charge on any atom is -0.381 e. The van der Waals surface area contributed by atoms with Crippen molar-refractivity contribution in [2.24, 2.45) is 0 Å². The lowest BCUT2D eigenvalue weighted by molar-refractivity contribution is 0.152. The molecule has 0 saturated heterocycles. The molecule has 2 rings (SSSR count). The van der Waals surface area contributed by atoms with Crippen molar-refractivity contribution in [1.82, 2.24) is 0 Å². The Kier molecular flexibility index (Phi) is 5.85. The minimum absolute atomic E-state index is 0.743. The number of halogens is 1. The molecule has 0 radical (unpaired) electrons. The maximum absolute atomic E-state index is 6.11. The van der Waals surface area contributed by atoms with E-state index in [-0.39, 0.29) is 0 Å². The van der Waals surface area contributed by atoms with Crippen LogP contribution in [0.25, 0.3) is 5.57 Å². The molecule has 2 aromatic rings. The van der Waals surface area contributed by atoms with Gasteiger partial charge in [-0.05, 0) is 42.2 Å². The Morgan fingerprint density at radius 1 is 1.05 bits per heavy atom. The molecule has 104 valence electrons. The Labute approximate surface area is 125 Å². The van der Waals surface area contributed by atoms with Gasteiger partial charge in [-0.2, -0.15) is 0 Å². The Bertz CT molecular complexity index is 561. The van der Waals surface area contributed by atoms with Gasteiger partial charge in [0.2, 0.25) is 0 Å². The number of hydrogen-bond donors (Lipinski definition) is 0. The normalized spacial score (nSPS) is 11.6. The van der Waals surface area contributed by atoms with Crippen molar-refractivity contribution in [3.63, 3.8) is 0 Å². The van der Waals surface area contributed by atoms with E-state index in [9.17, 15) is 0 Å². The highest BCUT2D eigenvalue weighted by Crippen LogP contribution is 2.25. The van der Waals surface area contributed by atoms with Crippen LogP contribution in [0.15, 0.2) is 60.7 Å². The first-order valence-corrected chi connectivity index (χ1v) is 7.28. The van der Waals surface area contributed by atoms with Gasteiger partial charge < -0.3 is 4.74 Å². The molecular formula is C18H19ClO. The van der Waals surface area contributed by atoms with E-state index in [0.29, 0.717) is 0 Å². The Hall–Kier alpha value is -1.57. The van der Waals surface area contributed by atoms with Crippen molar-refractivity contribution in [1.29, 1.82) is 0 Å². The fourth-order valence-electron chi connectivity index (χ4n) is 2.11. The monoisotopic (exact) mass is 286 g/mol. The zero-order valence-corrected chi connectivity index (χ0v) is 12.4. The smallest absolute Gasteiger partial charge is 0.0500 e. The number of ether oxygens (including phenoxy) is 1. The third-order valence-corrected chi connectivity index (χ3v) is 3.27. The molecule has 1 nitrogen and oxygen atoms in total. The lowest BCUT2D eigenvalue weighted by Crippen LogP contribution is -1.93. The summed E-state index contributed by atoms with van der Waals surface area (Å²) >= 11 is 6.11. The quantitative estimate of drug-likeness (QED) is 0.663. The van der Waals surface area contributed by atoms with Crippen LogP contribution in [0.1, 0.15) is 24.5 Å². The van der Waals surface area contributed by atoms with Gasteiger partial charge in [-0.1, -0.05) is 60.1 Å². The van der Waals surface area contributed by atoms with Crippen molar-refractivity contribution >= 4 is 17.2 Å². The third-order valence-electron chi connectivity index (χ3n) is 3.04. The molecule has 0 spiro atoms. The first-order chi connectivity index (χ1) is 9.81. The third kappa shape index (κ3) is 4.22. The van der Waals surface area contributed by atoms with Gasteiger partial charge in [0.05, 0.1) is 6.61 Å². The van der Waals surface area contributed by atoms with Crippen molar-refractivity contribution in [3.8, 4) is 0 Å². The van der Waals surface area contributed by atoms with Gasteiger partial charge in [-0.25, -0.2) is 0 Å². The summed E-state index contributed by atoms with van der Waals surface area (Å²) < 4.78 is 5.41. The number of benzene rings is 2. The van der Waals surface area contributed by atoms with E-state index in [1.165, 1.54) is 11.1 Å². The molecule has 0 atom stereocenters. The maximum atomic E-state index is 6.11. The lowest BCUT2D eigenvalue weighted by atomic mass is 9.97. The molecular weight excluding hydrogens is 268 g/mol. The average Bonchev–Trinajstić information content (AvgIpc) is 2.48. The lowest BCUT2D eigenvalue weighted by Gasteiger charge is -2.09. The van der Waals surface area contributed by atoms with E-state index in [1.54, 1.807) is 0 Å². The van der Waals surface area contributed by atoms with Crippen molar-refractivity contribution < 1.29 is 4.74 Å². The zero-order chi connectivity index (χ0) is 14.2. The summed E-state index contributed by atoms with van der Waals surface area (Å²) in [5, 5.41) is 0.758. The molecule has 2 heteroatoms. The van der Waals surface area contributed by atoms with Gasteiger partial charge in [0, 0.05) is 11.6 Å². The first-order valence-electron chi connectivity index (χ1n) is 6.90. The molecule has 20 heavy (non-hydrogen) atoms. The highest BCUT2D eigenvalue weighted by Gasteiger charge is 2.04. The minimum atomic E-state index is 0.743. The summed E-state index contributed by atoms with van der Waals surface area (Å²) in [7, 11) is 0. The van der Waals surface area contributed by atoms with Gasteiger partial charge in [0.15, 0.2) is 0 Å². The standard InChI is InChI=1S/C18H19ClO/c1-2-20-13-7-12-18(15-8-4-3-5-9-15)16-10-6-11-17(19)14-16/h3-6,8-12,14H,2,7,13H2,1H3/b18-12-. The molecule has 0 fully saturated rings. The van der Waals surface area contributed by atoms with Crippen LogP contribution >= 0.6 is 11.6 Å². The van der Waals surface area contributed by atoms with Gasteiger partial charge in [-0.15, -0.1) is 0 Å². The van der Waals surface area contributed by atoms with E-state index in [1.807, 2.05) is 31.2 Å². The Morgan fingerprint density at radius 2 is 1.80 bits per heavy atom. The van der Waals surface area contributed by atoms with Crippen molar-refractivity contribution in [2.45, 2.75) is 13.3 Å². The van der Waals surface area contributed by atoms with Crippen LogP contribution in [-0.2, 0) is 4.74 Å². The van der Waals surface area contributed by atoms with Gasteiger partial charge in [-0.3, -0.25) is 0 Å². The molecule has 2 aromatic carbocycles. The molecule has 0 heterocycles. The Morgan fingerprint density at radius 3 is 2.50 bits per heavy atom. The second-order valence-corrected chi connectivity index (χ2v) is 4.92. The van der Waals surface area contributed by atoms with Crippen LogP contribution in [0.5, 0.6) is 0 Å². The summed E-state index contributed by atoms with van der Waals surface area (Å²) in [5.41, 5.74) is 3.54. The van der Waals surface area contributed by atoms with Gasteiger partial charge in [0.25, 0.3) is 0 Å². The second-order valence-electron chi connectivity index (χ2n) is 4.48. The average molecular weight is 287 g/mol. The molecule has 0 aromatic heterocycles. The van der Waals surface area contributed by atoms with Crippen molar-refractivity contribution in [3.05, 3.63) is 76.8 Å². The number of rotatable bonds is 6. The van der Waals surface area contributed by atoms with Crippen LogP contribution in [0.2, 0.25) is 5.02 Å². The maximum Gasteiger partial charge on any atom is 0.0500 e. The van der Waals surface area contributed by atoms with Crippen LogP contribution < -0.4 is 0 Å². The van der Waals surface area contributed by atoms with E-state index in [2.05, 4.69) is 36.4 Å². The van der Waals surface area contributed by atoms with Crippen LogP contribution in [0.3, 0.4) is 0 Å². The summed E-state index contributed by atoms with van der Waals surface area (Å²) in [6.45, 7) is 3.51. The van der Waals surface area contributed by atoms with Gasteiger partial charge >= 0.3 is 0 Å². The van der Waals surface area contributed by atoms with Crippen molar-refractivity contribution in [2.75, 3.05) is 13.2 Å². The molecule has 0 saturated carbocycles. The number of hydrogen-bond acceptors (Lipinski definition) is 1.